The molecule has 1 aromatic heterocycles. The predicted molar refractivity (Wildman–Crippen MR) is 102 cm³/mol. The third-order valence-electron chi connectivity index (χ3n) is 6.18. The number of hydrogen-bond acceptors (Lipinski definition) is 3. The average Bonchev–Trinajstić information content (AvgIpc) is 3.19. The van der Waals surface area contributed by atoms with Gasteiger partial charge in [0.25, 0.3) is 5.91 Å². The molecule has 2 aliphatic heterocycles. The zero-order valence-corrected chi connectivity index (χ0v) is 15.9. The summed E-state index contributed by atoms with van der Waals surface area (Å²) in [6.45, 7) is 5.33. The summed E-state index contributed by atoms with van der Waals surface area (Å²) in [6.07, 6.45) is 5.46. The molecule has 2 aromatic rings. The van der Waals surface area contributed by atoms with Gasteiger partial charge in [0, 0.05) is 25.2 Å². The lowest BCUT2D eigenvalue weighted by Crippen LogP contribution is -2.44. The van der Waals surface area contributed by atoms with Crippen molar-refractivity contribution in [3.8, 4) is 0 Å². The molecule has 1 amide bonds. The molecule has 0 unspecified atom stereocenters. The summed E-state index contributed by atoms with van der Waals surface area (Å²) in [7, 11) is 0. The van der Waals surface area contributed by atoms with Crippen LogP contribution in [0.25, 0.3) is 0 Å². The fourth-order valence-electron chi connectivity index (χ4n) is 4.70. The molecule has 144 valence electrons. The molecule has 0 aliphatic carbocycles. The first-order valence-corrected chi connectivity index (χ1v) is 9.91. The summed E-state index contributed by atoms with van der Waals surface area (Å²) in [5.74, 6) is 1.03. The van der Waals surface area contributed by atoms with E-state index in [9.17, 15) is 9.18 Å². The molecule has 0 N–H and O–H groups in total. The number of amides is 1. The van der Waals surface area contributed by atoms with Crippen LogP contribution in [0.2, 0.25) is 0 Å². The van der Waals surface area contributed by atoms with Gasteiger partial charge < -0.3 is 9.32 Å². The van der Waals surface area contributed by atoms with Crippen molar-refractivity contribution >= 4 is 5.91 Å². The number of nitrogens with zero attached hydrogens (tertiary/aromatic N) is 2. The quantitative estimate of drug-likeness (QED) is 0.804. The van der Waals surface area contributed by atoms with Gasteiger partial charge in [-0.25, -0.2) is 4.39 Å². The summed E-state index contributed by atoms with van der Waals surface area (Å²) in [6, 6.07) is 10.5. The minimum Gasteiger partial charge on any atom is -0.456 e. The topological polar surface area (TPSA) is 36.7 Å². The molecule has 4 nitrogen and oxygen atoms in total. The Morgan fingerprint density at radius 3 is 2.48 bits per heavy atom. The minimum atomic E-state index is -0.188. The van der Waals surface area contributed by atoms with Gasteiger partial charge in [0.05, 0.1) is 0 Å². The maximum Gasteiger partial charge on any atom is 0.289 e. The lowest BCUT2D eigenvalue weighted by atomic mass is 9.87. The maximum atomic E-state index is 13.2. The van der Waals surface area contributed by atoms with E-state index in [4.69, 9.17) is 4.42 Å². The van der Waals surface area contributed by atoms with Crippen molar-refractivity contribution < 1.29 is 13.6 Å². The van der Waals surface area contributed by atoms with Crippen LogP contribution in [0.3, 0.4) is 0 Å². The number of benzene rings is 1. The van der Waals surface area contributed by atoms with Crippen LogP contribution >= 0.6 is 0 Å². The van der Waals surface area contributed by atoms with Crippen LogP contribution in [0.1, 0.15) is 54.0 Å². The van der Waals surface area contributed by atoms with E-state index in [1.165, 1.54) is 25.0 Å². The molecule has 5 heteroatoms. The zero-order valence-electron chi connectivity index (χ0n) is 15.9. The third-order valence-corrected chi connectivity index (χ3v) is 6.18. The number of rotatable bonds is 3. The van der Waals surface area contributed by atoms with Crippen LogP contribution in [0.4, 0.5) is 4.39 Å². The molecule has 0 saturated carbocycles. The first kappa shape index (κ1) is 18.2. The Kier molecular flexibility index (Phi) is 5.04. The molecule has 1 spiro atoms. The van der Waals surface area contributed by atoms with E-state index in [0.29, 0.717) is 5.76 Å². The minimum absolute atomic E-state index is 0.00299. The maximum absolute atomic E-state index is 13.2. The van der Waals surface area contributed by atoms with Crippen LogP contribution < -0.4 is 0 Å². The molecule has 2 aliphatic rings. The van der Waals surface area contributed by atoms with Gasteiger partial charge in [-0.05, 0) is 75.4 Å². The SMILES string of the molecule is Cc1ccc(C(=O)N2CCC[C@]3(CCCN3Cc3ccc(F)cc3)CC2)o1. The van der Waals surface area contributed by atoms with Gasteiger partial charge in [-0.2, -0.15) is 0 Å². The lowest BCUT2D eigenvalue weighted by Gasteiger charge is -2.38. The van der Waals surface area contributed by atoms with E-state index in [1.807, 2.05) is 30.0 Å². The molecular weight excluding hydrogens is 343 g/mol. The number of furan rings is 1. The van der Waals surface area contributed by atoms with Crippen LogP contribution in [0, 0.1) is 12.7 Å². The van der Waals surface area contributed by atoms with Crippen molar-refractivity contribution in [1.29, 1.82) is 0 Å². The van der Waals surface area contributed by atoms with Crippen molar-refractivity contribution in [2.75, 3.05) is 19.6 Å². The first-order chi connectivity index (χ1) is 13.1. The Morgan fingerprint density at radius 1 is 1.04 bits per heavy atom. The summed E-state index contributed by atoms with van der Waals surface area (Å²) in [4.78, 5) is 17.3. The molecule has 1 aromatic carbocycles. The van der Waals surface area contributed by atoms with Gasteiger partial charge in [0.15, 0.2) is 5.76 Å². The van der Waals surface area contributed by atoms with E-state index in [2.05, 4.69) is 4.90 Å². The van der Waals surface area contributed by atoms with Crippen molar-refractivity contribution in [2.45, 2.75) is 51.1 Å². The molecule has 1 atom stereocenters. The third kappa shape index (κ3) is 3.79. The standard InChI is InChI=1S/C22H27FN2O2/c1-17-4-9-20(27-17)21(26)24-13-2-10-22(12-15-24)11-3-14-25(22)16-18-5-7-19(23)8-6-18/h4-9H,2-3,10-16H2,1H3/t22-/m0/s1. The molecule has 3 heterocycles. The van der Waals surface area contributed by atoms with Gasteiger partial charge in [-0.3, -0.25) is 9.69 Å². The fraction of sp³-hybridized carbons (Fsp3) is 0.500. The number of carbonyl (C=O) groups excluding carboxylic acids is 1. The number of halogens is 1. The molecule has 4 rings (SSSR count). The van der Waals surface area contributed by atoms with Gasteiger partial charge in [0.1, 0.15) is 11.6 Å². The predicted octanol–water partition coefficient (Wildman–Crippen LogP) is 4.39. The first-order valence-electron chi connectivity index (χ1n) is 9.91. The summed E-state index contributed by atoms with van der Waals surface area (Å²) >= 11 is 0. The number of aryl methyl sites for hydroxylation is 1. The zero-order chi connectivity index (χ0) is 18.9. The van der Waals surface area contributed by atoms with Gasteiger partial charge in [-0.1, -0.05) is 12.1 Å². The summed E-state index contributed by atoms with van der Waals surface area (Å²) in [5.41, 5.74) is 1.31. The van der Waals surface area contributed by atoms with Gasteiger partial charge >= 0.3 is 0 Å². The number of likely N-dealkylation sites (tertiary alicyclic amines) is 2. The Balaban J connectivity index is 1.45. The fourth-order valence-corrected chi connectivity index (χ4v) is 4.70. The van der Waals surface area contributed by atoms with E-state index < -0.39 is 0 Å². The molecule has 0 radical (unpaired) electrons. The number of carbonyl (C=O) groups is 1. The van der Waals surface area contributed by atoms with E-state index in [-0.39, 0.29) is 17.3 Å². The van der Waals surface area contributed by atoms with E-state index in [1.54, 1.807) is 6.07 Å². The molecule has 2 fully saturated rings. The van der Waals surface area contributed by atoms with E-state index >= 15 is 0 Å². The van der Waals surface area contributed by atoms with Gasteiger partial charge in [0.2, 0.25) is 0 Å². The van der Waals surface area contributed by atoms with Crippen LogP contribution in [-0.4, -0.2) is 40.9 Å². The second-order valence-corrected chi connectivity index (χ2v) is 7.93. The van der Waals surface area contributed by atoms with Crippen molar-refractivity contribution in [1.82, 2.24) is 9.80 Å². The number of hydrogen-bond donors (Lipinski definition) is 0. The van der Waals surface area contributed by atoms with Crippen molar-refractivity contribution in [2.24, 2.45) is 0 Å². The molecule has 27 heavy (non-hydrogen) atoms. The highest BCUT2D eigenvalue weighted by Crippen LogP contribution is 2.39. The second kappa shape index (κ2) is 7.47. The van der Waals surface area contributed by atoms with Crippen LogP contribution in [0.5, 0.6) is 0 Å². The average molecular weight is 370 g/mol. The Labute approximate surface area is 159 Å². The highest BCUT2D eigenvalue weighted by molar-refractivity contribution is 5.91. The normalized spacial score (nSPS) is 23.7. The summed E-state index contributed by atoms with van der Waals surface area (Å²) < 4.78 is 18.7. The monoisotopic (exact) mass is 370 g/mol. The lowest BCUT2D eigenvalue weighted by molar-refractivity contribution is 0.0706. The Bertz CT molecular complexity index is 801. The van der Waals surface area contributed by atoms with Crippen molar-refractivity contribution in [3.63, 3.8) is 0 Å². The van der Waals surface area contributed by atoms with Crippen LogP contribution in [-0.2, 0) is 6.54 Å². The Hall–Kier alpha value is -2.14. The Morgan fingerprint density at radius 2 is 1.78 bits per heavy atom. The highest BCUT2D eigenvalue weighted by atomic mass is 19.1. The van der Waals surface area contributed by atoms with Gasteiger partial charge in [-0.15, -0.1) is 0 Å². The molecule has 2 saturated heterocycles. The highest BCUT2D eigenvalue weighted by Gasteiger charge is 2.42. The van der Waals surface area contributed by atoms with E-state index in [0.717, 1.165) is 56.8 Å². The molecular formula is C22H27FN2O2. The van der Waals surface area contributed by atoms with Crippen molar-refractivity contribution in [3.05, 3.63) is 59.3 Å². The summed E-state index contributed by atoms with van der Waals surface area (Å²) in [5, 5.41) is 0. The largest absolute Gasteiger partial charge is 0.456 e. The van der Waals surface area contributed by atoms with Crippen LogP contribution in [0.15, 0.2) is 40.8 Å². The molecule has 0 bridgehead atoms. The smallest absolute Gasteiger partial charge is 0.289 e. The second-order valence-electron chi connectivity index (χ2n) is 7.93.